The molecule has 1 aromatic carbocycles. The molecule has 0 aliphatic rings. The lowest BCUT2D eigenvalue weighted by Gasteiger charge is -2.12. The molecule has 1 rings (SSSR count). The zero-order valence-corrected chi connectivity index (χ0v) is 12.2. The summed E-state index contributed by atoms with van der Waals surface area (Å²) in [4.78, 5) is 11.6. The number of esters is 1. The Labute approximate surface area is 111 Å². The van der Waals surface area contributed by atoms with E-state index < -0.39 is 0 Å². The van der Waals surface area contributed by atoms with Crippen LogP contribution in [0.5, 0.6) is 0 Å². The molecule has 2 nitrogen and oxygen atoms in total. The van der Waals surface area contributed by atoms with Crippen LogP contribution in [0.15, 0.2) is 28.7 Å². The molecule has 0 amide bonds. The predicted molar refractivity (Wildman–Crippen MR) is 73.0 cm³/mol. The van der Waals surface area contributed by atoms with Gasteiger partial charge in [-0.25, -0.2) is 0 Å². The molecule has 0 bridgehead atoms. The Morgan fingerprint density at radius 2 is 1.82 bits per heavy atom. The summed E-state index contributed by atoms with van der Waals surface area (Å²) in [5, 5.41) is 0. The molecule has 0 aliphatic carbocycles. The van der Waals surface area contributed by atoms with Crippen LogP contribution in [0.25, 0.3) is 0 Å². The Morgan fingerprint density at radius 3 is 2.35 bits per heavy atom. The number of carbonyl (C=O) groups excluding carboxylic acids is 1. The summed E-state index contributed by atoms with van der Waals surface area (Å²) in [6.45, 7) is 6.61. The Kier molecular flexibility index (Phi) is 5.69. The number of hydrogen-bond acceptors (Lipinski definition) is 2. The van der Waals surface area contributed by atoms with Gasteiger partial charge in [0, 0.05) is 4.47 Å². The van der Waals surface area contributed by atoms with Gasteiger partial charge in [0.25, 0.3) is 0 Å². The van der Waals surface area contributed by atoms with Crippen molar-refractivity contribution >= 4 is 21.9 Å². The lowest BCUT2D eigenvalue weighted by Crippen LogP contribution is -2.12. The molecule has 0 saturated heterocycles. The number of ether oxygens (including phenoxy) is 1. The molecule has 1 atom stereocenters. The second-order valence-electron chi connectivity index (χ2n) is 4.73. The van der Waals surface area contributed by atoms with Crippen LogP contribution in [0.2, 0.25) is 0 Å². The van der Waals surface area contributed by atoms with E-state index in [0.717, 1.165) is 10.0 Å². The van der Waals surface area contributed by atoms with E-state index in [1.165, 1.54) is 0 Å². The quantitative estimate of drug-likeness (QED) is 0.764. The maximum Gasteiger partial charge on any atom is 0.306 e. The van der Waals surface area contributed by atoms with E-state index in [2.05, 4.69) is 15.9 Å². The molecule has 0 aliphatic heterocycles. The van der Waals surface area contributed by atoms with Crippen LogP contribution in [-0.2, 0) is 9.53 Å². The zero-order valence-electron chi connectivity index (χ0n) is 10.6. The number of benzene rings is 1. The molecule has 0 N–H and O–H groups in total. The third-order valence-electron chi connectivity index (χ3n) is 2.49. The normalized spacial score (nSPS) is 12.5. The van der Waals surface area contributed by atoms with Crippen molar-refractivity contribution in [3.05, 3.63) is 34.3 Å². The van der Waals surface area contributed by atoms with Gasteiger partial charge < -0.3 is 4.74 Å². The summed E-state index contributed by atoms with van der Waals surface area (Å²) in [5.41, 5.74) is 1.16. The van der Waals surface area contributed by atoms with E-state index in [1.54, 1.807) is 0 Å². The molecule has 0 spiro atoms. The zero-order chi connectivity index (χ0) is 12.8. The van der Waals surface area contributed by atoms with Crippen LogP contribution >= 0.6 is 15.9 Å². The highest BCUT2D eigenvalue weighted by molar-refractivity contribution is 9.10. The van der Waals surface area contributed by atoms with Crippen LogP contribution in [0.3, 0.4) is 0 Å². The largest absolute Gasteiger partial charge is 0.465 e. The predicted octanol–water partition coefficient (Wildman–Crippen LogP) is 4.14. The van der Waals surface area contributed by atoms with Crippen molar-refractivity contribution < 1.29 is 9.53 Å². The molecule has 3 heteroatoms. The molecule has 0 heterocycles. The van der Waals surface area contributed by atoms with Gasteiger partial charge in [-0.15, -0.1) is 0 Å². The fourth-order valence-corrected chi connectivity index (χ4v) is 1.74. The highest BCUT2D eigenvalue weighted by atomic mass is 79.9. The smallest absolute Gasteiger partial charge is 0.306 e. The standard InChI is InChI=1S/C14H19BrO2/c1-10(2)9-17-14(16)8-11(3)12-4-6-13(15)7-5-12/h4-7,10-11H,8-9H2,1-3H3/t11-/m0/s1. The molecule has 1 aromatic rings. The fourth-order valence-electron chi connectivity index (χ4n) is 1.48. The van der Waals surface area contributed by atoms with Crippen molar-refractivity contribution in [2.75, 3.05) is 6.61 Å². The van der Waals surface area contributed by atoms with Gasteiger partial charge in [-0.3, -0.25) is 4.79 Å². The van der Waals surface area contributed by atoms with E-state index in [4.69, 9.17) is 4.74 Å². The van der Waals surface area contributed by atoms with Crippen molar-refractivity contribution in [3.8, 4) is 0 Å². The van der Waals surface area contributed by atoms with Crippen LogP contribution in [0.4, 0.5) is 0 Å². The average Bonchev–Trinajstić information content (AvgIpc) is 2.27. The molecular formula is C14H19BrO2. The first-order chi connectivity index (χ1) is 7.99. The third-order valence-corrected chi connectivity index (χ3v) is 3.02. The summed E-state index contributed by atoms with van der Waals surface area (Å²) < 4.78 is 6.22. The van der Waals surface area contributed by atoms with Gasteiger partial charge in [0.1, 0.15) is 0 Å². The maximum atomic E-state index is 11.6. The van der Waals surface area contributed by atoms with Crippen molar-refractivity contribution in [3.63, 3.8) is 0 Å². The molecule has 0 aromatic heterocycles. The lowest BCUT2D eigenvalue weighted by atomic mass is 9.98. The SMILES string of the molecule is CC(C)COC(=O)C[C@H](C)c1ccc(Br)cc1. The summed E-state index contributed by atoms with van der Waals surface area (Å²) >= 11 is 3.39. The molecule has 0 unspecified atom stereocenters. The van der Waals surface area contributed by atoms with Crippen LogP contribution in [0.1, 0.15) is 38.7 Å². The molecular weight excluding hydrogens is 280 g/mol. The van der Waals surface area contributed by atoms with E-state index in [0.29, 0.717) is 18.9 Å². The molecule has 0 saturated carbocycles. The van der Waals surface area contributed by atoms with E-state index in [-0.39, 0.29) is 11.9 Å². The Balaban J connectivity index is 2.46. The van der Waals surface area contributed by atoms with E-state index in [1.807, 2.05) is 45.0 Å². The van der Waals surface area contributed by atoms with Crippen molar-refractivity contribution in [2.24, 2.45) is 5.92 Å². The fraction of sp³-hybridized carbons (Fsp3) is 0.500. The Bertz CT molecular complexity index is 357. The van der Waals surface area contributed by atoms with Gasteiger partial charge in [-0.2, -0.15) is 0 Å². The van der Waals surface area contributed by atoms with Gasteiger partial charge >= 0.3 is 5.97 Å². The molecule has 17 heavy (non-hydrogen) atoms. The summed E-state index contributed by atoms with van der Waals surface area (Å²) in [7, 11) is 0. The average molecular weight is 299 g/mol. The van der Waals surface area contributed by atoms with Crippen molar-refractivity contribution in [1.82, 2.24) is 0 Å². The maximum absolute atomic E-state index is 11.6. The van der Waals surface area contributed by atoms with Crippen LogP contribution < -0.4 is 0 Å². The van der Waals surface area contributed by atoms with Crippen LogP contribution in [0, 0.1) is 5.92 Å². The molecule has 0 radical (unpaired) electrons. The van der Waals surface area contributed by atoms with Gasteiger partial charge in [0.05, 0.1) is 13.0 Å². The molecule has 0 fully saturated rings. The first-order valence-electron chi connectivity index (χ1n) is 5.90. The number of rotatable bonds is 5. The second-order valence-corrected chi connectivity index (χ2v) is 5.65. The van der Waals surface area contributed by atoms with E-state index >= 15 is 0 Å². The minimum Gasteiger partial charge on any atom is -0.465 e. The topological polar surface area (TPSA) is 26.3 Å². The summed E-state index contributed by atoms with van der Waals surface area (Å²) in [6, 6.07) is 8.05. The minimum atomic E-state index is -0.117. The monoisotopic (exact) mass is 298 g/mol. The molecule has 94 valence electrons. The Hall–Kier alpha value is -0.830. The highest BCUT2D eigenvalue weighted by Crippen LogP contribution is 2.21. The first-order valence-corrected chi connectivity index (χ1v) is 6.69. The van der Waals surface area contributed by atoms with Gasteiger partial charge in [-0.1, -0.05) is 48.8 Å². The summed E-state index contributed by atoms with van der Waals surface area (Å²) in [6.07, 6.45) is 0.439. The van der Waals surface area contributed by atoms with Gasteiger partial charge in [-0.05, 0) is 29.5 Å². The minimum absolute atomic E-state index is 0.117. The lowest BCUT2D eigenvalue weighted by molar-refractivity contribution is -0.145. The summed E-state index contributed by atoms with van der Waals surface area (Å²) in [5.74, 6) is 0.471. The Morgan fingerprint density at radius 1 is 1.24 bits per heavy atom. The van der Waals surface area contributed by atoms with Crippen LogP contribution in [-0.4, -0.2) is 12.6 Å². The van der Waals surface area contributed by atoms with Gasteiger partial charge in [0.2, 0.25) is 0 Å². The number of hydrogen-bond donors (Lipinski definition) is 0. The van der Waals surface area contributed by atoms with E-state index in [9.17, 15) is 4.79 Å². The van der Waals surface area contributed by atoms with Gasteiger partial charge in [0.15, 0.2) is 0 Å². The van der Waals surface area contributed by atoms with Crippen molar-refractivity contribution in [1.29, 1.82) is 0 Å². The van der Waals surface area contributed by atoms with Crippen molar-refractivity contribution in [2.45, 2.75) is 33.1 Å². The number of halogens is 1. The first kappa shape index (κ1) is 14.2. The second kappa shape index (κ2) is 6.80. The highest BCUT2D eigenvalue weighted by Gasteiger charge is 2.12. The third kappa shape index (κ3) is 5.35. The number of carbonyl (C=O) groups is 1.